The van der Waals surface area contributed by atoms with Crippen molar-refractivity contribution in [1.82, 2.24) is 4.98 Å². The second kappa shape index (κ2) is 3.57. The van der Waals surface area contributed by atoms with Gasteiger partial charge in [-0.1, -0.05) is 0 Å². The van der Waals surface area contributed by atoms with E-state index in [1.807, 2.05) is 13.0 Å². The van der Waals surface area contributed by atoms with Crippen LogP contribution in [0.5, 0.6) is 5.88 Å². The fourth-order valence-electron chi connectivity index (χ4n) is 0.644. The van der Waals surface area contributed by atoms with Gasteiger partial charge in [0.25, 0.3) is 0 Å². The van der Waals surface area contributed by atoms with Crippen molar-refractivity contribution in [3.8, 4) is 11.9 Å². The molecule has 0 fully saturated rings. The maximum absolute atomic E-state index is 8.45. The molecule has 0 N–H and O–H groups in total. The van der Waals surface area contributed by atoms with Gasteiger partial charge in [-0.2, -0.15) is 5.26 Å². The molecule has 0 bridgehead atoms. The van der Waals surface area contributed by atoms with Gasteiger partial charge in [-0.05, 0) is 19.1 Å². The Balaban J connectivity index is 2.85. The molecule has 1 radical (unpaired) electrons. The first-order valence-corrected chi connectivity index (χ1v) is 3.28. The normalized spacial score (nSPS) is 8.73. The molecule has 0 spiro atoms. The van der Waals surface area contributed by atoms with Gasteiger partial charge in [0.15, 0.2) is 0 Å². The molecule has 3 heteroatoms. The second-order valence-electron chi connectivity index (χ2n) is 1.82. The number of ether oxygens (including phenoxy) is 1. The van der Waals surface area contributed by atoms with E-state index in [0.29, 0.717) is 18.2 Å². The first-order valence-electron chi connectivity index (χ1n) is 3.28. The molecule has 0 unspecified atom stereocenters. The lowest BCUT2D eigenvalue weighted by atomic mass is 10.4. The predicted octanol–water partition coefficient (Wildman–Crippen LogP) is 1.15. The highest BCUT2D eigenvalue weighted by molar-refractivity contribution is 5.23. The van der Waals surface area contributed by atoms with Crippen LogP contribution in [0.4, 0.5) is 0 Å². The molecule has 0 aliphatic carbocycles. The highest BCUT2D eigenvalue weighted by atomic mass is 16.5. The largest absolute Gasteiger partial charge is 0.477 e. The standard InChI is InChI=1S/C8H7N2O/c1-2-11-8-5-3-4-7(6-9)10-8/h3-4H,2H2,1H3. The average Bonchev–Trinajstić information content (AvgIpc) is 2.06. The minimum atomic E-state index is 0.354. The van der Waals surface area contributed by atoms with Crippen molar-refractivity contribution in [1.29, 1.82) is 5.26 Å². The zero-order valence-electron chi connectivity index (χ0n) is 6.16. The van der Waals surface area contributed by atoms with Crippen LogP contribution in [0.15, 0.2) is 12.1 Å². The smallest absolute Gasteiger partial charge is 0.222 e. The molecular weight excluding hydrogens is 140 g/mol. The first-order chi connectivity index (χ1) is 5.36. The number of rotatable bonds is 2. The van der Waals surface area contributed by atoms with Crippen LogP contribution < -0.4 is 4.74 Å². The van der Waals surface area contributed by atoms with Crippen molar-refractivity contribution >= 4 is 0 Å². The fourth-order valence-corrected chi connectivity index (χ4v) is 0.644. The third kappa shape index (κ3) is 1.94. The molecule has 0 aliphatic rings. The highest BCUT2D eigenvalue weighted by Gasteiger charge is 1.95. The molecule has 0 aliphatic heterocycles. The summed E-state index contributed by atoms with van der Waals surface area (Å²) >= 11 is 0. The number of pyridine rings is 1. The van der Waals surface area contributed by atoms with E-state index in [-0.39, 0.29) is 0 Å². The quantitative estimate of drug-likeness (QED) is 0.630. The molecular formula is C8H7N2O. The van der Waals surface area contributed by atoms with Gasteiger partial charge in [0.1, 0.15) is 11.8 Å². The summed E-state index contributed by atoms with van der Waals surface area (Å²) in [5, 5.41) is 8.45. The van der Waals surface area contributed by atoms with E-state index in [0.717, 1.165) is 0 Å². The van der Waals surface area contributed by atoms with Gasteiger partial charge in [0, 0.05) is 6.07 Å². The minimum Gasteiger partial charge on any atom is -0.477 e. The van der Waals surface area contributed by atoms with Crippen molar-refractivity contribution in [2.45, 2.75) is 6.92 Å². The summed E-state index contributed by atoms with van der Waals surface area (Å²) in [6.45, 7) is 2.40. The number of nitriles is 1. The molecule has 55 valence electrons. The second-order valence-corrected chi connectivity index (χ2v) is 1.82. The van der Waals surface area contributed by atoms with E-state index in [9.17, 15) is 0 Å². The van der Waals surface area contributed by atoms with Gasteiger partial charge in [-0.15, -0.1) is 0 Å². The van der Waals surface area contributed by atoms with Gasteiger partial charge in [-0.3, -0.25) is 0 Å². The Morgan fingerprint density at radius 1 is 1.82 bits per heavy atom. The molecule has 11 heavy (non-hydrogen) atoms. The molecule has 0 saturated carbocycles. The van der Waals surface area contributed by atoms with E-state index in [4.69, 9.17) is 10.00 Å². The zero-order valence-corrected chi connectivity index (χ0v) is 6.16. The number of hydrogen-bond donors (Lipinski definition) is 0. The Hall–Kier alpha value is -1.56. The van der Waals surface area contributed by atoms with Crippen LogP contribution in [0, 0.1) is 17.4 Å². The van der Waals surface area contributed by atoms with Crippen LogP contribution in [0.3, 0.4) is 0 Å². The Bertz CT molecular complexity index is 278. The van der Waals surface area contributed by atoms with Crippen LogP contribution >= 0.6 is 0 Å². The first kappa shape index (κ1) is 7.55. The molecule has 0 saturated heterocycles. The van der Waals surface area contributed by atoms with Crippen molar-refractivity contribution in [3.05, 3.63) is 23.9 Å². The molecule has 1 aromatic rings. The Morgan fingerprint density at radius 3 is 3.27 bits per heavy atom. The Labute approximate surface area is 65.3 Å². The summed E-state index contributed by atoms with van der Waals surface area (Å²) in [5.41, 5.74) is 0.354. The zero-order chi connectivity index (χ0) is 8.10. The summed E-state index contributed by atoms with van der Waals surface area (Å²) in [5.74, 6) is 0.381. The molecule has 3 nitrogen and oxygen atoms in total. The highest BCUT2D eigenvalue weighted by Crippen LogP contribution is 2.04. The van der Waals surface area contributed by atoms with Gasteiger partial charge in [0.2, 0.25) is 5.88 Å². The third-order valence-electron chi connectivity index (χ3n) is 1.07. The van der Waals surface area contributed by atoms with Crippen molar-refractivity contribution in [2.24, 2.45) is 0 Å². The van der Waals surface area contributed by atoms with Crippen LogP contribution in [0.25, 0.3) is 0 Å². The van der Waals surface area contributed by atoms with Gasteiger partial charge >= 0.3 is 0 Å². The summed E-state index contributed by atoms with van der Waals surface area (Å²) in [7, 11) is 0. The Morgan fingerprint density at radius 2 is 2.64 bits per heavy atom. The molecule has 0 atom stereocenters. The van der Waals surface area contributed by atoms with E-state index in [2.05, 4.69) is 11.1 Å². The maximum Gasteiger partial charge on any atom is 0.222 e. The molecule has 1 rings (SSSR count). The lowest BCUT2D eigenvalue weighted by Gasteiger charge is -1.98. The predicted molar refractivity (Wildman–Crippen MR) is 39.0 cm³/mol. The number of hydrogen-bond acceptors (Lipinski definition) is 3. The Kier molecular flexibility index (Phi) is 2.45. The van der Waals surface area contributed by atoms with Gasteiger partial charge in [0.05, 0.1) is 6.61 Å². The monoisotopic (exact) mass is 147 g/mol. The minimum absolute atomic E-state index is 0.354. The fraction of sp³-hybridized carbons (Fsp3) is 0.250. The number of aromatic nitrogens is 1. The summed E-state index contributed by atoms with van der Waals surface area (Å²) in [4.78, 5) is 3.84. The SMILES string of the molecule is CCOc1[c]ccc(C#N)n1. The van der Waals surface area contributed by atoms with Crippen molar-refractivity contribution < 1.29 is 4.74 Å². The van der Waals surface area contributed by atoms with Crippen LogP contribution in [-0.4, -0.2) is 11.6 Å². The van der Waals surface area contributed by atoms with Crippen molar-refractivity contribution in [3.63, 3.8) is 0 Å². The lowest BCUT2D eigenvalue weighted by molar-refractivity contribution is 0.326. The van der Waals surface area contributed by atoms with Gasteiger partial charge < -0.3 is 4.74 Å². The van der Waals surface area contributed by atoms with E-state index >= 15 is 0 Å². The molecule has 1 aromatic heterocycles. The van der Waals surface area contributed by atoms with Gasteiger partial charge in [-0.25, -0.2) is 4.98 Å². The molecule has 0 aromatic carbocycles. The van der Waals surface area contributed by atoms with E-state index in [1.165, 1.54) is 0 Å². The lowest BCUT2D eigenvalue weighted by Crippen LogP contribution is -1.95. The molecule has 0 amide bonds. The summed E-state index contributed by atoms with van der Waals surface area (Å²) in [6.07, 6.45) is 0. The van der Waals surface area contributed by atoms with Crippen LogP contribution in [0.2, 0.25) is 0 Å². The van der Waals surface area contributed by atoms with E-state index in [1.54, 1.807) is 12.1 Å². The van der Waals surface area contributed by atoms with E-state index < -0.39 is 0 Å². The topological polar surface area (TPSA) is 45.9 Å². The summed E-state index contributed by atoms with van der Waals surface area (Å²) in [6, 6.07) is 7.88. The molecule has 1 heterocycles. The maximum atomic E-state index is 8.45. The number of nitrogens with zero attached hydrogens (tertiary/aromatic N) is 2. The van der Waals surface area contributed by atoms with Crippen LogP contribution in [0.1, 0.15) is 12.6 Å². The summed E-state index contributed by atoms with van der Waals surface area (Å²) < 4.78 is 5.03. The third-order valence-corrected chi connectivity index (χ3v) is 1.07. The van der Waals surface area contributed by atoms with Crippen molar-refractivity contribution in [2.75, 3.05) is 6.61 Å². The van der Waals surface area contributed by atoms with Crippen LogP contribution in [-0.2, 0) is 0 Å². The average molecular weight is 147 g/mol.